The van der Waals surface area contributed by atoms with Crippen molar-refractivity contribution in [2.24, 2.45) is 0 Å². The van der Waals surface area contributed by atoms with Gasteiger partial charge >= 0.3 is 0 Å². The standard InChI is InChI=1S/C14H24N2O/c1-11-6-5-7-13(8-11)12(2)15-9-14(17)10-16(3)4/h5-8,12,14-15,17H,9-10H2,1-4H3/t12-,14?/m1/s1. The van der Waals surface area contributed by atoms with Crippen molar-refractivity contribution in [2.45, 2.75) is 26.0 Å². The van der Waals surface area contributed by atoms with Gasteiger partial charge in [-0.2, -0.15) is 0 Å². The maximum atomic E-state index is 9.77. The normalized spacial score (nSPS) is 14.9. The highest BCUT2D eigenvalue weighted by atomic mass is 16.3. The molecule has 17 heavy (non-hydrogen) atoms. The molecule has 0 saturated heterocycles. The van der Waals surface area contributed by atoms with Gasteiger partial charge in [-0.05, 0) is 33.5 Å². The van der Waals surface area contributed by atoms with Crippen molar-refractivity contribution in [3.63, 3.8) is 0 Å². The smallest absolute Gasteiger partial charge is 0.0791 e. The van der Waals surface area contributed by atoms with Gasteiger partial charge < -0.3 is 15.3 Å². The minimum atomic E-state index is -0.322. The highest BCUT2D eigenvalue weighted by Gasteiger charge is 2.09. The maximum Gasteiger partial charge on any atom is 0.0791 e. The van der Waals surface area contributed by atoms with Gasteiger partial charge in [-0.1, -0.05) is 29.8 Å². The van der Waals surface area contributed by atoms with Gasteiger partial charge in [-0.25, -0.2) is 0 Å². The van der Waals surface area contributed by atoms with Crippen LogP contribution in [0.2, 0.25) is 0 Å². The molecule has 3 heteroatoms. The van der Waals surface area contributed by atoms with Crippen LogP contribution in [0.4, 0.5) is 0 Å². The fourth-order valence-corrected chi connectivity index (χ4v) is 1.86. The molecule has 0 aliphatic heterocycles. The Kier molecular flexibility index (Phi) is 5.62. The van der Waals surface area contributed by atoms with Crippen molar-refractivity contribution in [2.75, 3.05) is 27.2 Å². The number of nitrogens with one attached hydrogen (secondary N) is 1. The average molecular weight is 236 g/mol. The second-order valence-electron chi connectivity index (χ2n) is 4.96. The summed E-state index contributed by atoms with van der Waals surface area (Å²) in [7, 11) is 3.93. The van der Waals surface area contributed by atoms with E-state index >= 15 is 0 Å². The van der Waals surface area contributed by atoms with E-state index in [-0.39, 0.29) is 12.1 Å². The quantitative estimate of drug-likeness (QED) is 0.787. The summed E-state index contributed by atoms with van der Waals surface area (Å²) < 4.78 is 0. The summed E-state index contributed by atoms with van der Waals surface area (Å²) >= 11 is 0. The van der Waals surface area contributed by atoms with Crippen molar-refractivity contribution >= 4 is 0 Å². The maximum absolute atomic E-state index is 9.77. The molecule has 96 valence electrons. The molecule has 1 aromatic carbocycles. The van der Waals surface area contributed by atoms with Crippen molar-refractivity contribution < 1.29 is 5.11 Å². The number of aryl methyl sites for hydroxylation is 1. The third-order valence-corrected chi connectivity index (χ3v) is 2.78. The molecule has 0 bridgehead atoms. The molecular formula is C14H24N2O. The summed E-state index contributed by atoms with van der Waals surface area (Å²) in [6, 6.07) is 8.72. The molecule has 0 fully saturated rings. The Balaban J connectivity index is 2.42. The first-order valence-electron chi connectivity index (χ1n) is 6.11. The van der Waals surface area contributed by atoms with E-state index in [1.165, 1.54) is 11.1 Å². The molecule has 0 aliphatic carbocycles. The van der Waals surface area contributed by atoms with Crippen LogP contribution in [0.1, 0.15) is 24.1 Å². The summed E-state index contributed by atoms with van der Waals surface area (Å²) in [6.45, 7) is 5.52. The lowest BCUT2D eigenvalue weighted by Crippen LogP contribution is -2.36. The molecule has 2 N–H and O–H groups in total. The first-order chi connectivity index (χ1) is 7.99. The summed E-state index contributed by atoms with van der Waals surface area (Å²) in [5.74, 6) is 0. The molecule has 1 rings (SSSR count). The van der Waals surface area contributed by atoms with Gasteiger partial charge in [0.05, 0.1) is 6.10 Å². The first-order valence-corrected chi connectivity index (χ1v) is 6.11. The second-order valence-corrected chi connectivity index (χ2v) is 4.96. The largest absolute Gasteiger partial charge is 0.390 e. The van der Waals surface area contributed by atoms with Crippen LogP contribution in [0.15, 0.2) is 24.3 Å². The van der Waals surface area contributed by atoms with E-state index in [1.807, 2.05) is 19.0 Å². The predicted molar refractivity (Wildman–Crippen MR) is 72.2 cm³/mol. The Morgan fingerprint density at radius 1 is 1.35 bits per heavy atom. The predicted octanol–water partition coefficient (Wildman–Crippen LogP) is 1.57. The van der Waals surface area contributed by atoms with Gasteiger partial charge in [0.25, 0.3) is 0 Å². The minimum absolute atomic E-state index is 0.270. The van der Waals surface area contributed by atoms with Crippen molar-refractivity contribution in [3.05, 3.63) is 35.4 Å². The zero-order valence-electron chi connectivity index (χ0n) is 11.3. The topological polar surface area (TPSA) is 35.5 Å². The van der Waals surface area contributed by atoms with Crippen LogP contribution in [0.3, 0.4) is 0 Å². The van der Waals surface area contributed by atoms with E-state index in [4.69, 9.17) is 0 Å². The van der Waals surface area contributed by atoms with Crippen molar-refractivity contribution in [1.82, 2.24) is 10.2 Å². The Morgan fingerprint density at radius 2 is 2.06 bits per heavy atom. The van der Waals surface area contributed by atoms with Gasteiger partial charge in [-0.3, -0.25) is 0 Å². The second kappa shape index (κ2) is 6.74. The van der Waals surface area contributed by atoms with Crippen LogP contribution in [-0.2, 0) is 0 Å². The summed E-state index contributed by atoms with van der Waals surface area (Å²) in [4.78, 5) is 1.99. The first kappa shape index (κ1) is 14.2. The van der Waals surface area contributed by atoms with E-state index in [9.17, 15) is 5.11 Å². The van der Waals surface area contributed by atoms with Crippen molar-refractivity contribution in [3.8, 4) is 0 Å². The summed E-state index contributed by atoms with van der Waals surface area (Å²) in [6.07, 6.45) is -0.322. The van der Waals surface area contributed by atoms with E-state index in [1.54, 1.807) is 0 Å². The van der Waals surface area contributed by atoms with Gasteiger partial charge in [0.15, 0.2) is 0 Å². The molecule has 1 unspecified atom stereocenters. The fraction of sp³-hybridized carbons (Fsp3) is 0.571. The molecule has 0 saturated carbocycles. The van der Waals surface area contributed by atoms with Crippen LogP contribution in [0.5, 0.6) is 0 Å². The van der Waals surface area contributed by atoms with Crippen LogP contribution < -0.4 is 5.32 Å². The van der Waals surface area contributed by atoms with E-state index in [0.717, 1.165) is 0 Å². The van der Waals surface area contributed by atoms with E-state index < -0.39 is 0 Å². The lowest BCUT2D eigenvalue weighted by molar-refractivity contribution is 0.132. The molecule has 0 amide bonds. The van der Waals surface area contributed by atoms with Gasteiger partial charge in [-0.15, -0.1) is 0 Å². The Hall–Kier alpha value is -0.900. The molecule has 0 heterocycles. The number of likely N-dealkylation sites (N-methyl/N-ethyl adjacent to an activating group) is 1. The number of hydrogen-bond donors (Lipinski definition) is 2. The molecule has 0 aliphatic rings. The Bertz CT molecular complexity index is 339. The number of rotatable bonds is 6. The highest BCUT2D eigenvalue weighted by molar-refractivity contribution is 5.24. The molecule has 0 aromatic heterocycles. The summed E-state index contributed by atoms with van der Waals surface area (Å²) in [5.41, 5.74) is 2.53. The Labute approximate surface area is 104 Å². The molecule has 0 radical (unpaired) electrons. The zero-order chi connectivity index (χ0) is 12.8. The van der Waals surface area contributed by atoms with Crippen LogP contribution in [-0.4, -0.2) is 43.3 Å². The molecule has 0 spiro atoms. The zero-order valence-corrected chi connectivity index (χ0v) is 11.3. The fourth-order valence-electron chi connectivity index (χ4n) is 1.86. The summed E-state index contributed by atoms with van der Waals surface area (Å²) in [5, 5.41) is 13.1. The lowest BCUT2D eigenvalue weighted by atomic mass is 10.1. The van der Waals surface area contributed by atoms with Crippen molar-refractivity contribution in [1.29, 1.82) is 0 Å². The highest BCUT2D eigenvalue weighted by Crippen LogP contribution is 2.13. The molecular weight excluding hydrogens is 212 g/mol. The van der Waals surface area contributed by atoms with Gasteiger partial charge in [0.2, 0.25) is 0 Å². The molecule has 2 atom stereocenters. The third kappa shape index (κ3) is 5.31. The average Bonchev–Trinajstić information content (AvgIpc) is 2.25. The number of benzene rings is 1. The molecule has 1 aromatic rings. The van der Waals surface area contributed by atoms with Crippen LogP contribution >= 0.6 is 0 Å². The number of nitrogens with zero attached hydrogens (tertiary/aromatic N) is 1. The van der Waals surface area contributed by atoms with E-state index in [0.29, 0.717) is 13.1 Å². The minimum Gasteiger partial charge on any atom is -0.390 e. The van der Waals surface area contributed by atoms with Crippen LogP contribution in [0, 0.1) is 6.92 Å². The van der Waals surface area contributed by atoms with Gasteiger partial charge in [0.1, 0.15) is 0 Å². The Morgan fingerprint density at radius 3 is 2.65 bits per heavy atom. The lowest BCUT2D eigenvalue weighted by Gasteiger charge is -2.20. The van der Waals surface area contributed by atoms with E-state index in [2.05, 4.69) is 43.4 Å². The number of hydrogen-bond acceptors (Lipinski definition) is 3. The number of aliphatic hydroxyl groups excluding tert-OH is 1. The van der Waals surface area contributed by atoms with Crippen LogP contribution in [0.25, 0.3) is 0 Å². The van der Waals surface area contributed by atoms with Gasteiger partial charge in [0, 0.05) is 19.1 Å². The third-order valence-electron chi connectivity index (χ3n) is 2.78. The SMILES string of the molecule is Cc1cccc([C@@H](C)NCC(O)CN(C)C)c1. The number of aliphatic hydroxyl groups is 1. The monoisotopic (exact) mass is 236 g/mol. The molecule has 3 nitrogen and oxygen atoms in total.